The van der Waals surface area contributed by atoms with Crippen LogP contribution in [0.1, 0.15) is 20.3 Å². The summed E-state index contributed by atoms with van der Waals surface area (Å²) in [7, 11) is 0. The Morgan fingerprint density at radius 1 is 1.80 bits per heavy atom. The minimum atomic E-state index is -0.667. The van der Waals surface area contributed by atoms with Gasteiger partial charge in [0, 0.05) is 0 Å². The number of allylic oxidation sites excluding steroid dienone is 1. The van der Waals surface area contributed by atoms with E-state index in [1.165, 1.54) is 0 Å². The molecule has 0 bridgehead atoms. The summed E-state index contributed by atoms with van der Waals surface area (Å²) in [5, 5.41) is 8.62. The van der Waals surface area contributed by atoms with E-state index in [4.69, 9.17) is 5.11 Å². The lowest BCUT2D eigenvalue weighted by molar-refractivity contribution is -0.138. The third-order valence-electron chi connectivity index (χ3n) is 2.12. The monoisotopic (exact) mass is 140 g/mol. The summed E-state index contributed by atoms with van der Waals surface area (Å²) in [6.07, 6.45) is 2.88. The van der Waals surface area contributed by atoms with Crippen LogP contribution in [-0.2, 0) is 4.79 Å². The summed E-state index contributed by atoms with van der Waals surface area (Å²) < 4.78 is 0. The van der Waals surface area contributed by atoms with Gasteiger partial charge in [0.2, 0.25) is 0 Å². The van der Waals surface area contributed by atoms with Crippen molar-refractivity contribution in [1.29, 1.82) is 0 Å². The zero-order chi connectivity index (χ0) is 7.72. The molecule has 2 atom stereocenters. The molecular weight excluding hydrogens is 128 g/mol. The predicted octanol–water partition coefficient (Wildman–Crippen LogP) is 1.67. The minimum absolute atomic E-state index is 0.157. The highest BCUT2D eigenvalue weighted by Crippen LogP contribution is 2.47. The van der Waals surface area contributed by atoms with Gasteiger partial charge in [-0.1, -0.05) is 18.6 Å². The molecule has 1 saturated carbocycles. The average Bonchev–Trinajstić information content (AvgIpc) is 2.60. The van der Waals surface area contributed by atoms with E-state index in [2.05, 4.69) is 0 Å². The molecule has 1 aliphatic carbocycles. The molecule has 0 unspecified atom stereocenters. The summed E-state index contributed by atoms with van der Waals surface area (Å²) in [6.45, 7) is 3.93. The van der Waals surface area contributed by atoms with Crippen molar-refractivity contribution in [3.05, 3.63) is 11.6 Å². The van der Waals surface area contributed by atoms with Gasteiger partial charge in [-0.2, -0.15) is 0 Å². The molecule has 0 aliphatic heterocycles. The van der Waals surface area contributed by atoms with Gasteiger partial charge in [-0.3, -0.25) is 4.79 Å². The Bertz CT molecular complexity index is 182. The van der Waals surface area contributed by atoms with E-state index in [0.29, 0.717) is 5.92 Å². The molecule has 2 heteroatoms. The van der Waals surface area contributed by atoms with Crippen molar-refractivity contribution in [2.24, 2.45) is 11.8 Å². The molecule has 1 fully saturated rings. The topological polar surface area (TPSA) is 37.3 Å². The van der Waals surface area contributed by atoms with Crippen LogP contribution >= 0.6 is 0 Å². The zero-order valence-corrected chi connectivity index (χ0v) is 6.29. The highest BCUT2D eigenvalue weighted by atomic mass is 16.4. The molecular formula is C8H12O2. The minimum Gasteiger partial charge on any atom is -0.481 e. The van der Waals surface area contributed by atoms with Crippen LogP contribution in [0.15, 0.2) is 11.6 Å². The number of carbonyl (C=O) groups is 1. The number of carboxylic acid groups (broad SMARTS) is 1. The van der Waals surface area contributed by atoms with Gasteiger partial charge in [-0.25, -0.2) is 0 Å². The summed E-state index contributed by atoms with van der Waals surface area (Å²) in [6, 6.07) is 0. The number of rotatable bonds is 2. The summed E-state index contributed by atoms with van der Waals surface area (Å²) in [5.74, 6) is -0.488. The first kappa shape index (κ1) is 7.32. The van der Waals surface area contributed by atoms with E-state index in [9.17, 15) is 4.79 Å². The van der Waals surface area contributed by atoms with Gasteiger partial charge in [-0.05, 0) is 19.3 Å². The number of hydrogen-bond donors (Lipinski definition) is 1. The average molecular weight is 140 g/mol. The largest absolute Gasteiger partial charge is 0.481 e. The second-order valence-electron chi connectivity index (χ2n) is 2.62. The van der Waals surface area contributed by atoms with E-state index in [0.717, 1.165) is 12.0 Å². The third-order valence-corrected chi connectivity index (χ3v) is 2.12. The Kier molecular flexibility index (Phi) is 1.79. The molecule has 2 nitrogen and oxygen atoms in total. The van der Waals surface area contributed by atoms with Crippen molar-refractivity contribution in [3.8, 4) is 0 Å². The smallest absolute Gasteiger partial charge is 0.311 e. The van der Waals surface area contributed by atoms with Gasteiger partial charge < -0.3 is 5.11 Å². The fourth-order valence-corrected chi connectivity index (χ4v) is 1.52. The lowest BCUT2D eigenvalue weighted by atomic mass is 10.2. The lowest BCUT2D eigenvalue weighted by Gasteiger charge is -1.83. The van der Waals surface area contributed by atoms with Gasteiger partial charge in [0.1, 0.15) is 0 Å². The molecule has 0 aromatic carbocycles. The van der Waals surface area contributed by atoms with Crippen LogP contribution in [-0.4, -0.2) is 11.1 Å². The van der Waals surface area contributed by atoms with E-state index in [-0.39, 0.29) is 5.92 Å². The van der Waals surface area contributed by atoms with Crippen molar-refractivity contribution in [2.45, 2.75) is 20.3 Å². The highest BCUT2D eigenvalue weighted by molar-refractivity contribution is 5.80. The maximum absolute atomic E-state index is 10.5. The first-order chi connectivity index (χ1) is 4.72. The molecule has 56 valence electrons. The molecule has 1 rings (SSSR count). The standard InChI is InChI=1S/C8H12O2/c1-3-5-6(4-2)7(5)8(9)10/h3,6-7H,4H2,1-2H3,(H,9,10)/b5-3+/t6-,7-/m1/s1. The van der Waals surface area contributed by atoms with Crippen molar-refractivity contribution >= 4 is 5.97 Å². The maximum Gasteiger partial charge on any atom is 0.311 e. The first-order valence-electron chi connectivity index (χ1n) is 3.61. The van der Waals surface area contributed by atoms with Gasteiger partial charge in [0.15, 0.2) is 0 Å². The first-order valence-corrected chi connectivity index (χ1v) is 3.61. The van der Waals surface area contributed by atoms with Crippen LogP contribution in [0.2, 0.25) is 0 Å². The molecule has 1 N–H and O–H groups in total. The van der Waals surface area contributed by atoms with Crippen molar-refractivity contribution in [2.75, 3.05) is 0 Å². The quantitative estimate of drug-likeness (QED) is 0.592. The van der Waals surface area contributed by atoms with Crippen LogP contribution in [0.4, 0.5) is 0 Å². The number of carboxylic acids is 1. The molecule has 0 aromatic rings. The summed E-state index contributed by atoms with van der Waals surface area (Å²) in [4.78, 5) is 10.5. The van der Waals surface area contributed by atoms with E-state index in [1.807, 2.05) is 19.9 Å². The van der Waals surface area contributed by atoms with Crippen LogP contribution < -0.4 is 0 Å². The van der Waals surface area contributed by atoms with Crippen LogP contribution in [0, 0.1) is 11.8 Å². The van der Waals surface area contributed by atoms with Gasteiger partial charge in [0.25, 0.3) is 0 Å². The Morgan fingerprint density at radius 2 is 2.40 bits per heavy atom. The molecule has 0 heterocycles. The van der Waals surface area contributed by atoms with E-state index in [1.54, 1.807) is 0 Å². The third kappa shape index (κ3) is 0.939. The van der Waals surface area contributed by atoms with Crippen LogP contribution in [0.5, 0.6) is 0 Å². The Morgan fingerprint density at radius 3 is 2.50 bits per heavy atom. The molecule has 1 aliphatic rings. The highest BCUT2D eigenvalue weighted by Gasteiger charge is 2.47. The molecule has 10 heavy (non-hydrogen) atoms. The van der Waals surface area contributed by atoms with Crippen molar-refractivity contribution in [3.63, 3.8) is 0 Å². The molecule has 0 aromatic heterocycles. The molecule has 0 radical (unpaired) electrons. The van der Waals surface area contributed by atoms with Gasteiger partial charge in [-0.15, -0.1) is 0 Å². The van der Waals surface area contributed by atoms with Crippen LogP contribution in [0.3, 0.4) is 0 Å². The van der Waals surface area contributed by atoms with Crippen LogP contribution in [0.25, 0.3) is 0 Å². The Labute approximate surface area is 60.6 Å². The van der Waals surface area contributed by atoms with E-state index < -0.39 is 5.97 Å². The van der Waals surface area contributed by atoms with Gasteiger partial charge in [0.05, 0.1) is 5.92 Å². The summed E-state index contributed by atoms with van der Waals surface area (Å²) in [5.41, 5.74) is 1.11. The van der Waals surface area contributed by atoms with Crippen molar-refractivity contribution in [1.82, 2.24) is 0 Å². The maximum atomic E-state index is 10.5. The lowest BCUT2D eigenvalue weighted by Crippen LogP contribution is -1.98. The molecule has 0 spiro atoms. The van der Waals surface area contributed by atoms with Crippen molar-refractivity contribution < 1.29 is 9.90 Å². The van der Waals surface area contributed by atoms with Gasteiger partial charge >= 0.3 is 5.97 Å². The zero-order valence-electron chi connectivity index (χ0n) is 6.29. The second kappa shape index (κ2) is 2.45. The fourth-order valence-electron chi connectivity index (χ4n) is 1.52. The molecule has 0 amide bonds. The number of hydrogen-bond acceptors (Lipinski definition) is 1. The predicted molar refractivity (Wildman–Crippen MR) is 38.7 cm³/mol. The molecule has 0 saturated heterocycles. The Hall–Kier alpha value is -0.790. The normalized spacial score (nSPS) is 34.4. The number of aliphatic carboxylic acids is 1. The Balaban J connectivity index is 2.61. The fraction of sp³-hybridized carbons (Fsp3) is 0.625. The summed E-state index contributed by atoms with van der Waals surface area (Å²) >= 11 is 0. The SMILES string of the molecule is C/C=C1\[C@@H](CC)[C@@H]1C(=O)O. The second-order valence-corrected chi connectivity index (χ2v) is 2.62. The van der Waals surface area contributed by atoms with E-state index >= 15 is 0 Å².